The van der Waals surface area contributed by atoms with Crippen molar-refractivity contribution in [1.82, 2.24) is 10.2 Å². The van der Waals surface area contributed by atoms with E-state index in [9.17, 15) is 19.5 Å². The van der Waals surface area contributed by atoms with Crippen molar-refractivity contribution in [1.29, 1.82) is 0 Å². The zero-order valence-corrected chi connectivity index (χ0v) is 19.8. The molecule has 1 atom stereocenters. The molecule has 1 saturated heterocycles. The largest absolute Gasteiger partial charge is 0.481 e. The van der Waals surface area contributed by atoms with Crippen LogP contribution in [0.5, 0.6) is 0 Å². The van der Waals surface area contributed by atoms with Crippen LogP contribution < -0.4 is 5.32 Å². The standard InChI is InChI=1S/C28H30N2O5/c1-18(25(31)30-14-11-28(12-15-30)16-24(28)26(32)33)10-13-29-27(34)35-17-23-21-8-4-2-6-19(21)20-7-3-5-9-22(20)23/h2-10,23-24H,11-17H2,1H3,(H,29,34)(H,32,33)/b18-10+. The maximum absolute atomic E-state index is 12.8. The highest BCUT2D eigenvalue weighted by atomic mass is 16.5. The van der Waals surface area contributed by atoms with Crippen molar-refractivity contribution in [2.45, 2.75) is 32.1 Å². The number of carboxylic acid groups (broad SMARTS) is 1. The topological polar surface area (TPSA) is 95.9 Å². The molecule has 1 spiro atoms. The Bertz CT molecular complexity index is 1150. The highest BCUT2D eigenvalue weighted by molar-refractivity contribution is 5.93. The minimum Gasteiger partial charge on any atom is -0.481 e. The molecular formula is C28H30N2O5. The molecular weight excluding hydrogens is 444 g/mol. The third-order valence-corrected chi connectivity index (χ3v) is 7.87. The molecule has 0 radical (unpaired) electrons. The summed E-state index contributed by atoms with van der Waals surface area (Å²) in [5.41, 5.74) is 5.13. The Labute approximate surface area is 204 Å². The number of nitrogens with zero attached hydrogens (tertiary/aromatic N) is 1. The summed E-state index contributed by atoms with van der Waals surface area (Å²) in [6.45, 7) is 3.34. The van der Waals surface area contributed by atoms with Gasteiger partial charge in [0, 0.05) is 31.1 Å². The quantitative estimate of drug-likeness (QED) is 0.613. The monoisotopic (exact) mass is 474 g/mol. The molecule has 2 amide bonds. The van der Waals surface area contributed by atoms with Gasteiger partial charge in [-0.3, -0.25) is 9.59 Å². The lowest BCUT2D eigenvalue weighted by atomic mass is 9.90. The number of carbonyl (C=O) groups excluding carboxylic acids is 2. The Balaban J connectivity index is 1.10. The number of benzene rings is 2. The number of rotatable bonds is 6. The van der Waals surface area contributed by atoms with E-state index in [1.165, 1.54) is 11.1 Å². The second-order valence-corrected chi connectivity index (χ2v) is 9.84. The SMILES string of the molecule is C/C(=C\CNC(=O)OCC1c2ccccc2-c2ccccc21)C(=O)N1CCC2(CC1)CC2C(=O)O. The minimum absolute atomic E-state index is 0.00148. The molecule has 1 aliphatic heterocycles. The summed E-state index contributed by atoms with van der Waals surface area (Å²) in [6, 6.07) is 16.4. The molecule has 0 aromatic heterocycles. The van der Waals surface area contributed by atoms with Crippen molar-refractivity contribution >= 4 is 18.0 Å². The molecule has 7 heteroatoms. The van der Waals surface area contributed by atoms with Crippen molar-refractivity contribution < 1.29 is 24.2 Å². The Hall–Kier alpha value is -3.61. The summed E-state index contributed by atoms with van der Waals surface area (Å²) in [5, 5.41) is 11.9. The van der Waals surface area contributed by atoms with Crippen LogP contribution in [0.1, 0.15) is 43.2 Å². The van der Waals surface area contributed by atoms with E-state index in [2.05, 4.69) is 29.6 Å². The first-order chi connectivity index (χ1) is 16.9. The fraction of sp³-hybridized carbons (Fsp3) is 0.393. The highest BCUT2D eigenvalue weighted by Crippen LogP contribution is 2.59. The van der Waals surface area contributed by atoms with Crippen LogP contribution in [0.4, 0.5) is 4.79 Å². The zero-order chi connectivity index (χ0) is 24.6. The molecule has 1 saturated carbocycles. The number of likely N-dealkylation sites (tertiary alicyclic amines) is 1. The van der Waals surface area contributed by atoms with Gasteiger partial charge in [-0.25, -0.2) is 4.79 Å². The van der Waals surface area contributed by atoms with Crippen LogP contribution in [0.2, 0.25) is 0 Å². The number of hydrogen-bond acceptors (Lipinski definition) is 4. The number of hydrogen-bond donors (Lipinski definition) is 2. The van der Waals surface area contributed by atoms with E-state index in [1.807, 2.05) is 24.3 Å². The number of ether oxygens (including phenoxy) is 1. The Morgan fingerprint density at radius 1 is 1.06 bits per heavy atom. The van der Waals surface area contributed by atoms with Crippen LogP contribution in [-0.2, 0) is 14.3 Å². The van der Waals surface area contributed by atoms with Gasteiger partial charge in [0.2, 0.25) is 5.91 Å². The molecule has 3 aliphatic rings. The number of fused-ring (bicyclic) bond motifs is 3. The zero-order valence-electron chi connectivity index (χ0n) is 19.8. The first-order valence-corrected chi connectivity index (χ1v) is 12.2. The minimum atomic E-state index is -0.722. The first-order valence-electron chi connectivity index (χ1n) is 12.2. The van der Waals surface area contributed by atoms with Crippen LogP contribution >= 0.6 is 0 Å². The van der Waals surface area contributed by atoms with E-state index in [4.69, 9.17) is 4.74 Å². The van der Waals surface area contributed by atoms with Gasteiger partial charge in [-0.2, -0.15) is 0 Å². The third-order valence-electron chi connectivity index (χ3n) is 7.87. The van der Waals surface area contributed by atoms with Gasteiger partial charge < -0.3 is 20.1 Å². The van der Waals surface area contributed by atoms with E-state index >= 15 is 0 Å². The van der Waals surface area contributed by atoms with Crippen molar-refractivity contribution in [3.63, 3.8) is 0 Å². The van der Waals surface area contributed by atoms with E-state index in [0.29, 0.717) is 18.7 Å². The highest BCUT2D eigenvalue weighted by Gasteiger charge is 2.59. The normalized spacial score (nSPS) is 20.2. The van der Waals surface area contributed by atoms with E-state index in [0.717, 1.165) is 30.4 Å². The van der Waals surface area contributed by atoms with Gasteiger partial charge in [0.05, 0.1) is 5.92 Å². The number of nitrogens with one attached hydrogen (secondary N) is 1. The van der Waals surface area contributed by atoms with Crippen molar-refractivity contribution in [2.75, 3.05) is 26.2 Å². The van der Waals surface area contributed by atoms with Gasteiger partial charge >= 0.3 is 12.1 Å². The number of alkyl carbamates (subject to hydrolysis) is 1. The first kappa shape index (κ1) is 23.1. The van der Waals surface area contributed by atoms with Gasteiger partial charge in [0.15, 0.2) is 0 Å². The van der Waals surface area contributed by atoms with Crippen molar-refractivity contribution in [3.8, 4) is 11.1 Å². The van der Waals surface area contributed by atoms with Crippen LogP contribution in [0.3, 0.4) is 0 Å². The Kier molecular flexibility index (Phi) is 6.09. The summed E-state index contributed by atoms with van der Waals surface area (Å²) >= 11 is 0. The fourth-order valence-corrected chi connectivity index (χ4v) is 5.68. The molecule has 2 aromatic carbocycles. The summed E-state index contributed by atoms with van der Waals surface area (Å²) < 4.78 is 5.53. The van der Waals surface area contributed by atoms with Crippen molar-refractivity contribution in [3.05, 3.63) is 71.3 Å². The fourth-order valence-electron chi connectivity index (χ4n) is 5.68. The molecule has 2 N–H and O–H groups in total. The van der Waals surface area contributed by atoms with Crippen LogP contribution in [0.15, 0.2) is 60.2 Å². The maximum atomic E-state index is 12.8. The molecule has 35 heavy (non-hydrogen) atoms. The number of carboxylic acids is 1. The summed E-state index contributed by atoms with van der Waals surface area (Å²) in [4.78, 5) is 38.1. The average molecular weight is 475 g/mol. The average Bonchev–Trinajstić information content (AvgIpc) is 3.48. The molecule has 182 valence electrons. The van der Waals surface area contributed by atoms with Crippen LogP contribution in [0, 0.1) is 11.3 Å². The number of carbonyl (C=O) groups is 3. The van der Waals surface area contributed by atoms with Gasteiger partial charge in [-0.15, -0.1) is 0 Å². The summed E-state index contributed by atoms with van der Waals surface area (Å²) in [5.74, 6) is -1.04. The number of amides is 2. The predicted molar refractivity (Wildman–Crippen MR) is 131 cm³/mol. The van der Waals surface area contributed by atoms with Crippen LogP contribution in [-0.4, -0.2) is 54.2 Å². The molecule has 2 aromatic rings. The Morgan fingerprint density at radius 3 is 2.23 bits per heavy atom. The molecule has 0 bridgehead atoms. The van der Waals surface area contributed by atoms with Gasteiger partial charge in [-0.1, -0.05) is 54.6 Å². The predicted octanol–water partition coefficient (Wildman–Crippen LogP) is 4.18. The van der Waals surface area contributed by atoms with Crippen molar-refractivity contribution in [2.24, 2.45) is 11.3 Å². The number of piperidine rings is 1. The Morgan fingerprint density at radius 2 is 1.66 bits per heavy atom. The van der Waals surface area contributed by atoms with E-state index < -0.39 is 12.1 Å². The lowest BCUT2D eigenvalue weighted by Crippen LogP contribution is -2.40. The lowest BCUT2D eigenvalue weighted by molar-refractivity contribution is -0.139. The van der Waals surface area contributed by atoms with Crippen LogP contribution in [0.25, 0.3) is 11.1 Å². The molecule has 7 nitrogen and oxygen atoms in total. The van der Waals surface area contributed by atoms with Gasteiger partial charge in [-0.05, 0) is 53.9 Å². The maximum Gasteiger partial charge on any atom is 0.407 e. The lowest BCUT2D eigenvalue weighted by Gasteiger charge is -2.32. The second-order valence-electron chi connectivity index (χ2n) is 9.84. The van der Waals surface area contributed by atoms with E-state index in [-0.39, 0.29) is 36.3 Å². The third kappa shape index (κ3) is 4.43. The summed E-state index contributed by atoms with van der Waals surface area (Å²) in [7, 11) is 0. The smallest absolute Gasteiger partial charge is 0.407 e. The van der Waals surface area contributed by atoms with Gasteiger partial charge in [0.1, 0.15) is 6.61 Å². The second kappa shape index (κ2) is 9.21. The molecule has 2 aliphatic carbocycles. The molecule has 5 rings (SSSR count). The molecule has 1 unspecified atom stereocenters. The molecule has 1 heterocycles. The summed E-state index contributed by atoms with van der Waals surface area (Å²) in [6.07, 6.45) is 3.38. The molecule has 2 fully saturated rings. The van der Waals surface area contributed by atoms with E-state index in [1.54, 1.807) is 17.9 Å². The number of aliphatic carboxylic acids is 1. The van der Waals surface area contributed by atoms with Gasteiger partial charge in [0.25, 0.3) is 0 Å².